The third kappa shape index (κ3) is 9.36. The molecule has 13 aromatic rings. The first-order chi connectivity index (χ1) is 45.4. The van der Waals surface area contributed by atoms with Crippen LogP contribution in [-0.4, -0.2) is 15.8 Å². The molecule has 0 radical (unpaired) electrons. The highest BCUT2D eigenvalue weighted by atomic mass is 16.5. The molecule has 0 unspecified atom stereocenters. The van der Waals surface area contributed by atoms with E-state index in [-0.39, 0.29) is 39.2 Å². The van der Waals surface area contributed by atoms with Crippen LogP contribution in [0.25, 0.3) is 66.1 Å². The van der Waals surface area contributed by atoms with Gasteiger partial charge in [-0.2, -0.15) is 0 Å². The predicted octanol–water partition coefficient (Wildman–Crippen LogP) is 22.4. The lowest BCUT2D eigenvalue weighted by molar-refractivity contribution is 0.435. The number of para-hydroxylation sites is 2. The van der Waals surface area contributed by atoms with Crippen LogP contribution in [0.1, 0.15) is 180 Å². The van der Waals surface area contributed by atoms with Gasteiger partial charge >= 0.3 is 0 Å². The molecule has 478 valence electrons. The van der Waals surface area contributed by atoms with Crippen molar-refractivity contribution in [3.63, 3.8) is 0 Å². The van der Waals surface area contributed by atoms with E-state index in [9.17, 15) is 0 Å². The lowest BCUT2D eigenvalue weighted by Gasteiger charge is -2.51. The average Bonchev–Trinajstić information content (AvgIpc) is 0.769. The fourth-order valence-electron chi connectivity index (χ4n) is 16.3. The zero-order valence-corrected chi connectivity index (χ0v) is 59.6. The van der Waals surface area contributed by atoms with Gasteiger partial charge in [-0.25, -0.2) is 0 Å². The molecule has 0 bridgehead atoms. The van der Waals surface area contributed by atoms with Crippen molar-refractivity contribution in [2.45, 2.75) is 163 Å². The molecule has 3 aliphatic rings. The summed E-state index contributed by atoms with van der Waals surface area (Å²) in [6.45, 7) is 42.0. The number of hydrogen-bond donors (Lipinski definition) is 0. The molecule has 0 aliphatic carbocycles. The Labute approximate surface area is 569 Å². The van der Waals surface area contributed by atoms with E-state index in [1.54, 1.807) is 0 Å². The number of fused-ring (bicyclic) bond motifs is 16. The molecule has 3 aliphatic heterocycles. The standard InChI is InChI=1S/C91H90BN3O/c1-85(2,3)56-32-41-75(64(46-56)55-26-20-19-21-27-55)95-80-54-63(94-78-44-35-59(88(10,11)12)49-67(78)68-50-60(89(13,14)15)36-45-79(68)94)38-40-74(80)92-73-39-37-62(93-76-42-33-57(86(4,5)6)47-65(76)66-48-58(87(7,8)9)34-43-77(66)93)53-71(73)91(72-51-61(90(16,17)18)52-81(95)84(72)92)69-28-22-24-30-82(69)96-83-31-25-23-29-70(83)91/h19-54H,1-18H3. The number of ether oxygens (including phenoxy) is 1. The zero-order chi connectivity index (χ0) is 67.3. The first-order valence-electron chi connectivity index (χ1n) is 34.9. The smallest absolute Gasteiger partial charge is 0.247 e. The molecule has 0 saturated carbocycles. The Morgan fingerprint density at radius 3 is 1.17 bits per heavy atom. The second-order valence-electron chi connectivity index (χ2n) is 34.3. The first kappa shape index (κ1) is 61.6. The van der Waals surface area contributed by atoms with Crippen LogP contribution < -0.4 is 26.0 Å². The molecule has 1 spiro atoms. The highest BCUT2D eigenvalue weighted by Gasteiger charge is 2.55. The quantitative estimate of drug-likeness (QED) is 0.164. The third-order valence-corrected chi connectivity index (χ3v) is 21.8. The van der Waals surface area contributed by atoms with Crippen molar-refractivity contribution in [2.75, 3.05) is 4.90 Å². The summed E-state index contributed by atoms with van der Waals surface area (Å²) in [5, 5.41) is 5.10. The van der Waals surface area contributed by atoms with Crippen molar-refractivity contribution in [1.82, 2.24) is 9.13 Å². The van der Waals surface area contributed by atoms with E-state index >= 15 is 0 Å². The fraction of sp³-hybridized carbons (Fsp3) is 0.275. The second kappa shape index (κ2) is 20.8. The van der Waals surface area contributed by atoms with Crippen LogP contribution in [0.15, 0.2) is 218 Å². The number of rotatable bonds is 4. The van der Waals surface area contributed by atoms with E-state index in [0.29, 0.717) is 0 Å². The van der Waals surface area contributed by atoms with Crippen LogP contribution in [0.5, 0.6) is 11.5 Å². The van der Waals surface area contributed by atoms with Crippen LogP contribution in [0.2, 0.25) is 0 Å². The minimum Gasteiger partial charge on any atom is -0.457 e. The molecule has 16 rings (SSSR count). The summed E-state index contributed by atoms with van der Waals surface area (Å²) < 4.78 is 12.3. The summed E-state index contributed by atoms with van der Waals surface area (Å²) in [6, 6.07) is 85.5. The van der Waals surface area contributed by atoms with E-state index in [1.165, 1.54) is 127 Å². The van der Waals surface area contributed by atoms with Crippen LogP contribution in [0.4, 0.5) is 17.1 Å². The zero-order valence-electron chi connectivity index (χ0n) is 59.6. The van der Waals surface area contributed by atoms with Gasteiger partial charge in [-0.05, 0) is 197 Å². The van der Waals surface area contributed by atoms with Gasteiger partial charge in [0.1, 0.15) is 11.5 Å². The largest absolute Gasteiger partial charge is 0.457 e. The van der Waals surface area contributed by atoms with Crippen molar-refractivity contribution in [2.24, 2.45) is 0 Å². The monoisotopic (exact) mass is 1250 g/mol. The molecular weight excluding hydrogens is 1160 g/mol. The van der Waals surface area contributed by atoms with Gasteiger partial charge in [-0.15, -0.1) is 0 Å². The molecule has 4 nitrogen and oxygen atoms in total. The Balaban J connectivity index is 1.06. The molecule has 11 aromatic carbocycles. The van der Waals surface area contributed by atoms with Crippen molar-refractivity contribution in [3.8, 4) is 34.0 Å². The van der Waals surface area contributed by atoms with Gasteiger partial charge in [0.2, 0.25) is 6.71 Å². The van der Waals surface area contributed by atoms with E-state index in [2.05, 4.69) is 357 Å². The molecule has 0 saturated heterocycles. The van der Waals surface area contributed by atoms with Crippen molar-refractivity contribution in [3.05, 3.63) is 274 Å². The number of nitrogens with zero attached hydrogens (tertiary/aromatic N) is 3. The van der Waals surface area contributed by atoms with Crippen LogP contribution >= 0.6 is 0 Å². The van der Waals surface area contributed by atoms with E-state index in [0.717, 1.165) is 39.7 Å². The van der Waals surface area contributed by atoms with Crippen molar-refractivity contribution < 1.29 is 4.74 Å². The lowest BCUT2D eigenvalue weighted by Crippen LogP contribution is -2.65. The molecule has 0 fully saturated rings. The van der Waals surface area contributed by atoms with Gasteiger partial charge in [0.15, 0.2) is 0 Å². The molecule has 5 heterocycles. The normalized spacial score (nSPS) is 14.5. The highest BCUT2D eigenvalue weighted by molar-refractivity contribution is 6.99. The van der Waals surface area contributed by atoms with E-state index < -0.39 is 5.41 Å². The molecule has 96 heavy (non-hydrogen) atoms. The lowest BCUT2D eigenvalue weighted by atomic mass is 9.29. The van der Waals surface area contributed by atoms with Gasteiger partial charge in [0.25, 0.3) is 0 Å². The van der Waals surface area contributed by atoms with Crippen LogP contribution in [0.3, 0.4) is 0 Å². The first-order valence-corrected chi connectivity index (χ1v) is 34.9. The highest BCUT2D eigenvalue weighted by Crippen LogP contribution is 2.59. The summed E-state index contributed by atoms with van der Waals surface area (Å²) >= 11 is 0. The van der Waals surface area contributed by atoms with E-state index in [1.807, 2.05) is 0 Å². The third-order valence-electron chi connectivity index (χ3n) is 21.8. The van der Waals surface area contributed by atoms with Gasteiger partial charge < -0.3 is 18.8 Å². The molecule has 2 aromatic heterocycles. The minimum atomic E-state index is -0.849. The van der Waals surface area contributed by atoms with Crippen molar-refractivity contribution >= 4 is 83.8 Å². The Morgan fingerprint density at radius 2 is 0.708 bits per heavy atom. The van der Waals surface area contributed by atoms with Gasteiger partial charge in [0, 0.05) is 61.0 Å². The van der Waals surface area contributed by atoms with Gasteiger partial charge in [0.05, 0.1) is 33.2 Å². The molecule has 0 N–H and O–H groups in total. The Bertz CT molecular complexity index is 5210. The molecular formula is C91H90BN3O. The summed E-state index contributed by atoms with van der Waals surface area (Å²) in [5.41, 5.74) is 28.1. The van der Waals surface area contributed by atoms with Gasteiger partial charge in [-0.3, -0.25) is 0 Å². The Kier molecular flexibility index (Phi) is 13.4. The molecule has 5 heteroatoms. The Morgan fingerprint density at radius 1 is 0.302 bits per heavy atom. The van der Waals surface area contributed by atoms with Crippen LogP contribution in [0, 0.1) is 0 Å². The number of aromatic nitrogens is 2. The summed E-state index contributed by atoms with van der Waals surface area (Å²) in [4.78, 5) is 2.70. The minimum absolute atomic E-state index is 0.0338. The molecule has 0 amide bonds. The summed E-state index contributed by atoms with van der Waals surface area (Å²) in [5.74, 6) is 1.75. The second-order valence-corrected chi connectivity index (χ2v) is 34.3. The Hall–Kier alpha value is -9.32. The number of benzene rings is 11. The maximum Gasteiger partial charge on any atom is 0.247 e. The van der Waals surface area contributed by atoms with E-state index in [4.69, 9.17) is 4.74 Å². The fourth-order valence-corrected chi connectivity index (χ4v) is 16.3. The van der Waals surface area contributed by atoms with Crippen molar-refractivity contribution in [1.29, 1.82) is 0 Å². The number of hydrogen-bond acceptors (Lipinski definition) is 2. The molecule has 0 atom stereocenters. The number of anilines is 3. The van der Waals surface area contributed by atoms with Gasteiger partial charge in [-0.1, -0.05) is 245 Å². The SMILES string of the molecule is CC(C)(C)c1ccc(N2c3cc(-n4c5ccc(C(C)(C)C)cc5c5cc(C(C)(C)C)ccc54)ccc3B3c4ccc(-n5c6ccc(C(C)(C)C)cc6c6cc(C(C)(C)C)ccc65)cc4C4(c5ccccc5Oc5ccccc54)c4cc(C(C)(C)C)cc2c43)c(-c2ccccc2)c1. The topological polar surface area (TPSA) is 22.3 Å². The van der Waals surface area contributed by atoms with Crippen LogP contribution in [-0.2, 0) is 37.9 Å². The summed E-state index contributed by atoms with van der Waals surface area (Å²) in [7, 11) is 0. The maximum absolute atomic E-state index is 7.21. The average molecular weight is 1250 g/mol. The predicted molar refractivity (Wildman–Crippen MR) is 410 cm³/mol. The maximum atomic E-state index is 7.21. The summed E-state index contributed by atoms with van der Waals surface area (Å²) in [6.07, 6.45) is 0.